The Kier molecular flexibility index (Phi) is 6.26. The highest BCUT2D eigenvalue weighted by Crippen LogP contribution is 2.16. The maximum atomic E-state index is 11.9. The van der Waals surface area contributed by atoms with Crippen LogP contribution >= 0.6 is 11.6 Å². The molecule has 6 heteroatoms. The fraction of sp³-hybridized carbons (Fsp3) is 0.235. The van der Waals surface area contributed by atoms with Gasteiger partial charge in [-0.25, -0.2) is 4.79 Å². The van der Waals surface area contributed by atoms with Gasteiger partial charge in [-0.3, -0.25) is 0 Å². The van der Waals surface area contributed by atoms with Crippen LogP contribution in [0.3, 0.4) is 0 Å². The smallest absolute Gasteiger partial charge is 0.315 e. The highest BCUT2D eigenvalue weighted by atomic mass is 35.5. The molecule has 0 fully saturated rings. The van der Waals surface area contributed by atoms with Gasteiger partial charge in [-0.05, 0) is 41.8 Å². The number of aliphatic hydroxyl groups excluding tert-OH is 1. The first-order chi connectivity index (χ1) is 11.1. The van der Waals surface area contributed by atoms with Gasteiger partial charge in [-0.2, -0.15) is 0 Å². The molecule has 0 aromatic heterocycles. The number of amides is 2. The molecule has 0 heterocycles. The van der Waals surface area contributed by atoms with E-state index in [1.54, 1.807) is 42.5 Å². The van der Waals surface area contributed by atoms with E-state index in [4.69, 9.17) is 11.6 Å². The molecule has 0 spiro atoms. The predicted molar refractivity (Wildman–Crippen MR) is 89.6 cm³/mol. The number of rotatable bonds is 6. The molecule has 122 valence electrons. The van der Waals surface area contributed by atoms with Crippen LogP contribution in [0.5, 0.6) is 5.75 Å². The second-order valence-corrected chi connectivity index (χ2v) is 5.54. The van der Waals surface area contributed by atoms with Crippen LogP contribution in [-0.2, 0) is 6.42 Å². The summed E-state index contributed by atoms with van der Waals surface area (Å²) < 4.78 is 0. The first-order valence-electron chi connectivity index (χ1n) is 7.27. The summed E-state index contributed by atoms with van der Waals surface area (Å²) in [6, 6.07) is 13.0. The topological polar surface area (TPSA) is 81.6 Å². The second-order valence-electron chi connectivity index (χ2n) is 5.11. The Morgan fingerprint density at radius 3 is 2.57 bits per heavy atom. The third-order valence-corrected chi connectivity index (χ3v) is 3.62. The Bertz CT molecular complexity index is 647. The number of aromatic hydroxyl groups is 1. The first-order valence-corrected chi connectivity index (χ1v) is 7.65. The van der Waals surface area contributed by atoms with Gasteiger partial charge in [0.15, 0.2) is 0 Å². The summed E-state index contributed by atoms with van der Waals surface area (Å²) in [5, 5.41) is 24.8. The van der Waals surface area contributed by atoms with E-state index in [-0.39, 0.29) is 18.4 Å². The summed E-state index contributed by atoms with van der Waals surface area (Å²) in [6.07, 6.45) is 0.604. The molecule has 0 aliphatic heterocycles. The summed E-state index contributed by atoms with van der Waals surface area (Å²) in [5.74, 6) is 0.204. The van der Waals surface area contributed by atoms with Crippen LogP contribution < -0.4 is 10.6 Å². The van der Waals surface area contributed by atoms with E-state index in [2.05, 4.69) is 10.6 Å². The molecule has 4 N–H and O–H groups in total. The van der Waals surface area contributed by atoms with Crippen LogP contribution in [0.15, 0.2) is 48.5 Å². The largest absolute Gasteiger partial charge is 0.508 e. The summed E-state index contributed by atoms with van der Waals surface area (Å²) in [5.41, 5.74) is 1.71. The molecular weight excluding hydrogens is 316 g/mol. The zero-order valence-corrected chi connectivity index (χ0v) is 13.3. The molecule has 2 rings (SSSR count). The number of carbonyl (C=O) groups excluding carboxylic acids is 1. The van der Waals surface area contributed by atoms with Crippen molar-refractivity contribution in [1.82, 2.24) is 10.6 Å². The zero-order valence-electron chi connectivity index (χ0n) is 12.5. The summed E-state index contributed by atoms with van der Waals surface area (Å²) in [4.78, 5) is 11.9. The van der Waals surface area contributed by atoms with Gasteiger partial charge in [-0.15, -0.1) is 0 Å². The number of aliphatic hydroxyl groups is 1. The van der Waals surface area contributed by atoms with Crippen molar-refractivity contribution in [2.45, 2.75) is 12.5 Å². The maximum absolute atomic E-state index is 11.9. The number of phenols is 1. The average molecular weight is 335 g/mol. The van der Waals surface area contributed by atoms with Crippen LogP contribution in [0.1, 0.15) is 17.2 Å². The predicted octanol–water partition coefficient (Wildman–Crippen LogP) is 2.62. The minimum atomic E-state index is -0.493. The molecule has 2 amide bonds. The summed E-state index contributed by atoms with van der Waals surface area (Å²) in [7, 11) is 0. The van der Waals surface area contributed by atoms with Gasteiger partial charge in [0, 0.05) is 11.6 Å². The molecule has 0 saturated heterocycles. The monoisotopic (exact) mass is 334 g/mol. The van der Waals surface area contributed by atoms with Crippen molar-refractivity contribution >= 4 is 17.6 Å². The molecule has 2 aromatic carbocycles. The number of nitrogens with one attached hydrogen (secondary N) is 2. The molecular formula is C17H19ClN2O3. The maximum Gasteiger partial charge on any atom is 0.315 e. The Morgan fingerprint density at radius 1 is 1.17 bits per heavy atom. The van der Waals surface area contributed by atoms with Gasteiger partial charge >= 0.3 is 6.03 Å². The number of halogens is 1. The number of hydrogen-bond acceptors (Lipinski definition) is 3. The van der Waals surface area contributed by atoms with Crippen LogP contribution in [0.2, 0.25) is 5.02 Å². The molecule has 0 bridgehead atoms. The van der Waals surface area contributed by atoms with Gasteiger partial charge in [-0.1, -0.05) is 35.9 Å². The van der Waals surface area contributed by atoms with Crippen molar-refractivity contribution < 1.29 is 15.0 Å². The van der Waals surface area contributed by atoms with Crippen LogP contribution in [-0.4, -0.2) is 29.4 Å². The average Bonchev–Trinajstić information content (AvgIpc) is 2.54. The number of carbonyl (C=O) groups is 1. The Balaban J connectivity index is 1.82. The fourth-order valence-corrected chi connectivity index (χ4v) is 2.30. The van der Waals surface area contributed by atoms with Gasteiger partial charge in [0.25, 0.3) is 0 Å². The lowest BCUT2D eigenvalue weighted by molar-refractivity contribution is 0.217. The number of benzene rings is 2. The minimum Gasteiger partial charge on any atom is -0.508 e. The Hall–Kier alpha value is -2.24. The highest BCUT2D eigenvalue weighted by molar-refractivity contribution is 6.30. The quantitative estimate of drug-likeness (QED) is 0.655. The zero-order chi connectivity index (χ0) is 16.7. The number of hydrogen-bond donors (Lipinski definition) is 4. The lowest BCUT2D eigenvalue weighted by atomic mass is 10.1. The number of phenolic OH excluding ortho intramolecular Hbond substituents is 1. The highest BCUT2D eigenvalue weighted by Gasteiger charge is 2.13. The van der Waals surface area contributed by atoms with Crippen molar-refractivity contribution in [3.8, 4) is 5.75 Å². The Morgan fingerprint density at radius 2 is 1.91 bits per heavy atom. The van der Waals surface area contributed by atoms with Gasteiger partial charge in [0.05, 0.1) is 12.6 Å². The third kappa shape index (κ3) is 5.47. The van der Waals surface area contributed by atoms with Crippen LogP contribution in [0.4, 0.5) is 4.79 Å². The molecule has 0 aliphatic carbocycles. The molecule has 0 saturated carbocycles. The van der Waals surface area contributed by atoms with E-state index in [1.807, 2.05) is 6.07 Å². The van der Waals surface area contributed by atoms with E-state index in [1.165, 1.54) is 0 Å². The molecule has 1 atom stereocenters. The van der Waals surface area contributed by atoms with E-state index < -0.39 is 6.04 Å². The van der Waals surface area contributed by atoms with E-state index in [9.17, 15) is 15.0 Å². The van der Waals surface area contributed by atoms with Crippen molar-refractivity contribution in [1.29, 1.82) is 0 Å². The molecule has 23 heavy (non-hydrogen) atoms. The fourth-order valence-electron chi connectivity index (χ4n) is 2.17. The first kappa shape index (κ1) is 17.1. The van der Waals surface area contributed by atoms with Crippen molar-refractivity contribution in [2.24, 2.45) is 0 Å². The number of urea groups is 1. The standard InChI is InChI=1S/C17H19ClN2O3/c18-14-6-4-13(5-7-14)16(11-21)20-17(23)19-9-8-12-2-1-3-15(22)10-12/h1-7,10,16,21-22H,8-9,11H2,(H2,19,20,23). The lowest BCUT2D eigenvalue weighted by Crippen LogP contribution is -2.40. The van der Waals surface area contributed by atoms with Gasteiger partial charge < -0.3 is 20.8 Å². The van der Waals surface area contributed by atoms with E-state index in [0.29, 0.717) is 18.0 Å². The molecule has 5 nitrogen and oxygen atoms in total. The van der Waals surface area contributed by atoms with Crippen molar-refractivity contribution in [2.75, 3.05) is 13.2 Å². The van der Waals surface area contributed by atoms with E-state index >= 15 is 0 Å². The third-order valence-electron chi connectivity index (χ3n) is 3.37. The molecule has 0 aliphatic rings. The Labute approximate surface area is 139 Å². The summed E-state index contributed by atoms with van der Waals surface area (Å²) >= 11 is 5.82. The summed E-state index contributed by atoms with van der Waals surface area (Å²) in [6.45, 7) is 0.218. The molecule has 2 aromatic rings. The van der Waals surface area contributed by atoms with Crippen molar-refractivity contribution in [3.05, 3.63) is 64.7 Å². The second kappa shape index (κ2) is 8.41. The van der Waals surface area contributed by atoms with Crippen LogP contribution in [0.25, 0.3) is 0 Å². The SMILES string of the molecule is O=C(NCCc1cccc(O)c1)NC(CO)c1ccc(Cl)cc1. The van der Waals surface area contributed by atoms with Gasteiger partial charge in [0.1, 0.15) is 5.75 Å². The van der Waals surface area contributed by atoms with E-state index in [0.717, 1.165) is 11.1 Å². The molecule has 0 radical (unpaired) electrons. The van der Waals surface area contributed by atoms with Gasteiger partial charge in [0.2, 0.25) is 0 Å². The van der Waals surface area contributed by atoms with Crippen LogP contribution in [0, 0.1) is 0 Å². The normalized spacial score (nSPS) is 11.7. The minimum absolute atomic E-state index is 0.204. The lowest BCUT2D eigenvalue weighted by Gasteiger charge is -2.17. The van der Waals surface area contributed by atoms with Crippen molar-refractivity contribution in [3.63, 3.8) is 0 Å². The molecule has 1 unspecified atom stereocenters.